The zero-order chi connectivity index (χ0) is 9.97. The van der Waals surface area contributed by atoms with E-state index in [1.165, 1.54) is 51.6 Å². The number of hydrogen-bond donors (Lipinski definition) is 1. The second-order valence-corrected chi connectivity index (χ2v) is 5.07. The Morgan fingerprint density at radius 1 is 1.21 bits per heavy atom. The highest BCUT2D eigenvalue weighted by Crippen LogP contribution is 2.28. The molecule has 0 amide bonds. The first-order chi connectivity index (χ1) is 6.81. The molecule has 82 valence electrons. The molecule has 2 heteroatoms. The van der Waals surface area contributed by atoms with Crippen LogP contribution in [0, 0.1) is 5.92 Å². The zero-order valence-corrected chi connectivity index (χ0v) is 9.41. The predicted octanol–water partition coefficient (Wildman–Crippen LogP) is 1.99. The number of nitrogens with zero attached hydrogens (tertiary/aromatic N) is 1. The van der Waals surface area contributed by atoms with Crippen LogP contribution in [0.3, 0.4) is 0 Å². The molecule has 0 radical (unpaired) electrons. The smallest absolute Gasteiger partial charge is 0.0247 e. The predicted molar refractivity (Wildman–Crippen MR) is 60.2 cm³/mol. The third-order valence-electron chi connectivity index (χ3n) is 4.13. The average Bonchev–Trinajstić information content (AvgIpc) is 2.65. The van der Waals surface area contributed by atoms with Gasteiger partial charge in [-0.25, -0.2) is 0 Å². The molecule has 0 aromatic carbocycles. The maximum Gasteiger partial charge on any atom is 0.0247 e. The van der Waals surface area contributed by atoms with Crippen molar-refractivity contribution in [3.63, 3.8) is 0 Å². The van der Waals surface area contributed by atoms with Crippen LogP contribution in [-0.2, 0) is 0 Å². The second-order valence-electron chi connectivity index (χ2n) is 5.07. The minimum atomic E-state index is 0.464. The first kappa shape index (κ1) is 10.4. The van der Waals surface area contributed by atoms with Gasteiger partial charge in [0.2, 0.25) is 0 Å². The van der Waals surface area contributed by atoms with Gasteiger partial charge in [0, 0.05) is 18.6 Å². The third kappa shape index (κ3) is 2.12. The van der Waals surface area contributed by atoms with Crippen LogP contribution in [0.4, 0.5) is 0 Å². The minimum Gasteiger partial charge on any atom is -0.326 e. The molecule has 2 aliphatic rings. The molecule has 2 fully saturated rings. The lowest BCUT2D eigenvalue weighted by Crippen LogP contribution is -2.48. The lowest BCUT2D eigenvalue weighted by atomic mass is 9.94. The first-order valence-electron chi connectivity index (χ1n) is 6.31. The van der Waals surface area contributed by atoms with E-state index in [1.54, 1.807) is 0 Å². The Balaban J connectivity index is 1.90. The molecule has 1 saturated carbocycles. The van der Waals surface area contributed by atoms with Gasteiger partial charge in [-0.05, 0) is 38.1 Å². The molecule has 3 unspecified atom stereocenters. The number of hydrogen-bond acceptors (Lipinski definition) is 2. The average molecular weight is 196 g/mol. The van der Waals surface area contributed by atoms with E-state index in [0.717, 1.165) is 5.92 Å². The summed E-state index contributed by atoms with van der Waals surface area (Å²) in [6.07, 6.45) is 8.11. The van der Waals surface area contributed by atoms with Crippen molar-refractivity contribution < 1.29 is 0 Å². The fraction of sp³-hybridized carbons (Fsp3) is 1.00. The van der Waals surface area contributed by atoms with Gasteiger partial charge in [-0.3, -0.25) is 4.90 Å². The van der Waals surface area contributed by atoms with Crippen molar-refractivity contribution in [3.8, 4) is 0 Å². The Kier molecular flexibility index (Phi) is 3.45. The highest BCUT2D eigenvalue weighted by atomic mass is 15.2. The van der Waals surface area contributed by atoms with E-state index >= 15 is 0 Å². The topological polar surface area (TPSA) is 29.3 Å². The van der Waals surface area contributed by atoms with Crippen LogP contribution in [0.15, 0.2) is 0 Å². The molecule has 3 atom stereocenters. The Hall–Kier alpha value is -0.0800. The summed E-state index contributed by atoms with van der Waals surface area (Å²) >= 11 is 0. The summed E-state index contributed by atoms with van der Waals surface area (Å²) in [6.45, 7) is 4.94. The van der Waals surface area contributed by atoms with E-state index in [2.05, 4.69) is 11.8 Å². The molecule has 0 spiro atoms. The summed E-state index contributed by atoms with van der Waals surface area (Å²) in [5.74, 6) is 0.941. The van der Waals surface area contributed by atoms with Crippen LogP contribution < -0.4 is 5.73 Å². The number of nitrogens with two attached hydrogens (primary N) is 1. The van der Waals surface area contributed by atoms with Gasteiger partial charge in [0.05, 0.1) is 0 Å². The van der Waals surface area contributed by atoms with E-state index in [9.17, 15) is 0 Å². The fourth-order valence-electron chi connectivity index (χ4n) is 3.15. The Morgan fingerprint density at radius 2 is 2.07 bits per heavy atom. The number of rotatable bonds is 2. The van der Waals surface area contributed by atoms with Crippen LogP contribution in [0.5, 0.6) is 0 Å². The SMILES string of the molecule is CCC1CCCN(C2CCCC2N)C1. The Morgan fingerprint density at radius 3 is 2.71 bits per heavy atom. The number of piperidine rings is 1. The van der Waals surface area contributed by atoms with Crippen molar-refractivity contribution in [3.05, 3.63) is 0 Å². The monoisotopic (exact) mass is 196 g/mol. The summed E-state index contributed by atoms with van der Waals surface area (Å²) in [5, 5.41) is 0. The normalized spacial score (nSPS) is 40.3. The van der Waals surface area contributed by atoms with Crippen molar-refractivity contribution in [1.29, 1.82) is 0 Å². The van der Waals surface area contributed by atoms with Crippen molar-refractivity contribution >= 4 is 0 Å². The van der Waals surface area contributed by atoms with E-state index < -0.39 is 0 Å². The summed E-state index contributed by atoms with van der Waals surface area (Å²) in [5.41, 5.74) is 6.16. The van der Waals surface area contributed by atoms with E-state index in [0.29, 0.717) is 12.1 Å². The van der Waals surface area contributed by atoms with Gasteiger partial charge in [0.1, 0.15) is 0 Å². The summed E-state index contributed by atoms with van der Waals surface area (Å²) in [6, 6.07) is 1.18. The van der Waals surface area contributed by atoms with Crippen LogP contribution in [-0.4, -0.2) is 30.1 Å². The molecular weight excluding hydrogens is 172 g/mol. The van der Waals surface area contributed by atoms with Crippen molar-refractivity contribution in [2.75, 3.05) is 13.1 Å². The van der Waals surface area contributed by atoms with Gasteiger partial charge >= 0.3 is 0 Å². The van der Waals surface area contributed by atoms with Gasteiger partial charge in [-0.15, -0.1) is 0 Å². The van der Waals surface area contributed by atoms with Gasteiger partial charge in [-0.1, -0.05) is 19.8 Å². The minimum absolute atomic E-state index is 0.464. The van der Waals surface area contributed by atoms with Crippen LogP contribution >= 0.6 is 0 Å². The van der Waals surface area contributed by atoms with Crippen LogP contribution in [0.1, 0.15) is 45.4 Å². The summed E-state index contributed by atoms with van der Waals surface area (Å²) < 4.78 is 0. The molecular formula is C12H24N2. The molecule has 1 aliphatic heterocycles. The summed E-state index contributed by atoms with van der Waals surface area (Å²) in [4.78, 5) is 2.68. The molecule has 0 aromatic heterocycles. The van der Waals surface area contributed by atoms with Crippen LogP contribution in [0.2, 0.25) is 0 Å². The zero-order valence-electron chi connectivity index (χ0n) is 9.41. The van der Waals surface area contributed by atoms with Crippen molar-refractivity contribution in [2.45, 2.75) is 57.5 Å². The molecule has 2 rings (SSSR count). The largest absolute Gasteiger partial charge is 0.326 e. The summed E-state index contributed by atoms with van der Waals surface area (Å²) in [7, 11) is 0. The van der Waals surface area contributed by atoms with E-state index in [-0.39, 0.29) is 0 Å². The Bertz CT molecular complexity index is 181. The maximum atomic E-state index is 6.16. The molecule has 2 nitrogen and oxygen atoms in total. The number of likely N-dealkylation sites (tertiary alicyclic amines) is 1. The highest BCUT2D eigenvalue weighted by Gasteiger charge is 2.31. The highest BCUT2D eigenvalue weighted by molar-refractivity contribution is 4.90. The quantitative estimate of drug-likeness (QED) is 0.732. The molecule has 0 bridgehead atoms. The third-order valence-corrected chi connectivity index (χ3v) is 4.13. The van der Waals surface area contributed by atoms with Crippen LogP contribution in [0.25, 0.3) is 0 Å². The van der Waals surface area contributed by atoms with Gasteiger partial charge in [0.15, 0.2) is 0 Å². The first-order valence-corrected chi connectivity index (χ1v) is 6.31. The van der Waals surface area contributed by atoms with E-state index in [1.807, 2.05) is 0 Å². The molecule has 1 saturated heterocycles. The maximum absolute atomic E-state index is 6.16. The lowest BCUT2D eigenvalue weighted by molar-refractivity contribution is 0.115. The molecule has 1 heterocycles. The Labute approximate surface area is 87.8 Å². The lowest BCUT2D eigenvalue weighted by Gasteiger charge is -2.38. The molecule has 1 aliphatic carbocycles. The molecule has 2 N–H and O–H groups in total. The van der Waals surface area contributed by atoms with Gasteiger partial charge in [-0.2, -0.15) is 0 Å². The van der Waals surface area contributed by atoms with Gasteiger partial charge in [0.25, 0.3) is 0 Å². The molecule has 14 heavy (non-hydrogen) atoms. The standard InChI is InChI=1S/C12H24N2/c1-2-10-5-4-8-14(9-10)12-7-3-6-11(12)13/h10-12H,2-9,13H2,1H3. The van der Waals surface area contributed by atoms with Crippen molar-refractivity contribution in [1.82, 2.24) is 4.90 Å². The fourth-order valence-corrected chi connectivity index (χ4v) is 3.15. The molecule has 0 aromatic rings. The van der Waals surface area contributed by atoms with E-state index in [4.69, 9.17) is 5.73 Å². The van der Waals surface area contributed by atoms with Crippen molar-refractivity contribution in [2.24, 2.45) is 11.7 Å². The van der Waals surface area contributed by atoms with Gasteiger partial charge < -0.3 is 5.73 Å². The second kappa shape index (κ2) is 4.63.